The number of rotatable bonds is 12. The topological polar surface area (TPSA) is 108 Å². The van der Waals surface area contributed by atoms with Crippen molar-refractivity contribution in [2.24, 2.45) is 0 Å². The second kappa shape index (κ2) is 14.7. The number of benzene rings is 3. The fourth-order valence-electron chi connectivity index (χ4n) is 5.15. The molecule has 0 spiro atoms. The van der Waals surface area contributed by atoms with Gasteiger partial charge in [-0.2, -0.15) is 5.10 Å². The zero-order chi connectivity index (χ0) is 30.9. The summed E-state index contributed by atoms with van der Waals surface area (Å²) in [6.45, 7) is 6.30. The van der Waals surface area contributed by atoms with Crippen LogP contribution in [0.3, 0.4) is 0 Å². The van der Waals surface area contributed by atoms with Gasteiger partial charge in [-0.25, -0.2) is 14.5 Å². The summed E-state index contributed by atoms with van der Waals surface area (Å²) < 4.78 is 7.61. The predicted octanol–water partition coefficient (Wildman–Crippen LogP) is 5.80. The summed E-state index contributed by atoms with van der Waals surface area (Å²) in [5.41, 5.74) is 2.03. The van der Waals surface area contributed by atoms with Gasteiger partial charge in [-0.3, -0.25) is 0 Å². The van der Waals surface area contributed by atoms with Crippen LogP contribution in [0, 0.1) is 0 Å². The Balaban J connectivity index is 1.15. The highest BCUT2D eigenvalue weighted by Crippen LogP contribution is 2.33. The molecule has 1 unspecified atom stereocenters. The summed E-state index contributed by atoms with van der Waals surface area (Å²) in [5.74, 6) is 0.627. The standard InChI is InChI=1S/C32H37Cl2N7O3/c1-2-3-14-36-31(42)38-25-5-7-26(8-6-25)39-15-17-40(18-16-39)27-9-11-28(12-10-27)44-21-32(43,20-41-23-35-22-37-41)29-13-4-24(33)19-30(29)34/h4-13,19,22-23,43H,2-3,14-18,20-21H2,1H3,(H2,36,38,42). The molecule has 232 valence electrons. The molecule has 1 saturated heterocycles. The number of hydrogen-bond donors (Lipinski definition) is 3. The molecule has 0 bridgehead atoms. The van der Waals surface area contributed by atoms with Crippen LogP contribution in [0.4, 0.5) is 21.9 Å². The van der Waals surface area contributed by atoms with Gasteiger partial charge in [0.15, 0.2) is 0 Å². The molecular formula is C32H37Cl2N7O3. The van der Waals surface area contributed by atoms with Gasteiger partial charge in [-0.05, 0) is 67.1 Å². The van der Waals surface area contributed by atoms with Crippen molar-refractivity contribution in [3.8, 4) is 5.75 Å². The first kappa shape index (κ1) is 31.4. The summed E-state index contributed by atoms with van der Waals surface area (Å²) >= 11 is 12.6. The van der Waals surface area contributed by atoms with Crippen molar-refractivity contribution in [3.63, 3.8) is 0 Å². The maximum atomic E-state index is 12.0. The van der Waals surface area contributed by atoms with Crippen LogP contribution in [0.5, 0.6) is 5.75 Å². The molecule has 5 rings (SSSR count). The first-order chi connectivity index (χ1) is 21.3. The maximum absolute atomic E-state index is 12.0. The minimum absolute atomic E-state index is 0.0515. The minimum atomic E-state index is -1.47. The van der Waals surface area contributed by atoms with Gasteiger partial charge in [0.05, 0.1) is 6.54 Å². The number of halogens is 2. The molecule has 1 aromatic heterocycles. The molecular weight excluding hydrogens is 601 g/mol. The lowest BCUT2D eigenvalue weighted by molar-refractivity contribution is -0.0269. The van der Waals surface area contributed by atoms with Crippen LogP contribution in [0.1, 0.15) is 25.3 Å². The molecule has 1 aliphatic rings. The minimum Gasteiger partial charge on any atom is -0.490 e. The van der Waals surface area contributed by atoms with E-state index >= 15 is 0 Å². The monoisotopic (exact) mass is 637 g/mol. The van der Waals surface area contributed by atoms with E-state index in [0.717, 1.165) is 56.1 Å². The molecule has 4 aromatic rings. The molecule has 44 heavy (non-hydrogen) atoms. The van der Waals surface area contributed by atoms with Crippen LogP contribution in [-0.4, -0.2) is 65.2 Å². The predicted molar refractivity (Wildman–Crippen MR) is 175 cm³/mol. The maximum Gasteiger partial charge on any atom is 0.319 e. The van der Waals surface area contributed by atoms with Gasteiger partial charge in [0.25, 0.3) is 0 Å². The number of nitrogens with one attached hydrogen (secondary N) is 2. The summed E-state index contributed by atoms with van der Waals surface area (Å²) in [4.78, 5) is 20.7. The Bertz CT molecular complexity index is 1500. The number of carbonyl (C=O) groups excluding carboxylic acids is 1. The normalized spacial score (nSPS) is 14.6. The van der Waals surface area contributed by atoms with E-state index in [4.69, 9.17) is 27.9 Å². The van der Waals surface area contributed by atoms with Crippen molar-refractivity contribution >= 4 is 46.3 Å². The number of ether oxygens (including phenoxy) is 1. The number of anilines is 3. The van der Waals surface area contributed by atoms with Crippen LogP contribution < -0.4 is 25.2 Å². The molecule has 2 heterocycles. The lowest BCUT2D eigenvalue weighted by atomic mass is 9.94. The Morgan fingerprint density at radius 1 is 0.977 bits per heavy atom. The molecule has 12 heteroatoms. The van der Waals surface area contributed by atoms with Crippen LogP contribution in [-0.2, 0) is 12.1 Å². The number of urea groups is 1. The lowest BCUT2D eigenvalue weighted by Crippen LogP contribution is -2.46. The number of unbranched alkanes of at least 4 members (excludes halogenated alkanes) is 1. The van der Waals surface area contributed by atoms with Gasteiger partial charge in [0, 0.05) is 65.4 Å². The molecule has 0 saturated carbocycles. The summed E-state index contributed by atoms with van der Waals surface area (Å²) in [6, 6.07) is 20.7. The first-order valence-corrected chi connectivity index (χ1v) is 15.5. The van der Waals surface area contributed by atoms with Crippen LogP contribution in [0.25, 0.3) is 0 Å². The number of amides is 2. The van der Waals surface area contributed by atoms with Gasteiger partial charge in [-0.15, -0.1) is 0 Å². The molecule has 0 radical (unpaired) electrons. The molecule has 1 aliphatic heterocycles. The third-order valence-electron chi connectivity index (χ3n) is 7.59. The second-order valence-electron chi connectivity index (χ2n) is 10.8. The SMILES string of the molecule is CCCCNC(=O)Nc1ccc(N2CCN(c3ccc(OCC(O)(Cn4cncn4)c4ccc(Cl)cc4Cl)cc3)CC2)cc1. The van der Waals surface area contributed by atoms with Gasteiger partial charge < -0.3 is 30.3 Å². The van der Waals surface area contributed by atoms with Crippen molar-refractivity contribution in [1.29, 1.82) is 0 Å². The van der Waals surface area contributed by atoms with Crippen LogP contribution in [0.15, 0.2) is 79.4 Å². The number of nitrogens with zero attached hydrogens (tertiary/aromatic N) is 5. The largest absolute Gasteiger partial charge is 0.490 e. The number of aromatic nitrogens is 3. The molecule has 0 aliphatic carbocycles. The third-order valence-corrected chi connectivity index (χ3v) is 8.14. The summed E-state index contributed by atoms with van der Waals surface area (Å²) in [5, 5.41) is 22.4. The van der Waals surface area contributed by atoms with E-state index in [0.29, 0.717) is 27.9 Å². The van der Waals surface area contributed by atoms with E-state index in [9.17, 15) is 9.90 Å². The van der Waals surface area contributed by atoms with Gasteiger partial charge in [0.1, 0.15) is 30.6 Å². The van der Waals surface area contributed by atoms with E-state index < -0.39 is 5.60 Å². The quantitative estimate of drug-likeness (QED) is 0.169. The Morgan fingerprint density at radius 2 is 1.64 bits per heavy atom. The van der Waals surface area contributed by atoms with Crippen molar-refractivity contribution in [2.75, 3.05) is 54.4 Å². The smallest absolute Gasteiger partial charge is 0.319 e. The average Bonchev–Trinajstić information content (AvgIpc) is 3.54. The highest BCUT2D eigenvalue weighted by atomic mass is 35.5. The van der Waals surface area contributed by atoms with Gasteiger partial charge in [-0.1, -0.05) is 42.6 Å². The zero-order valence-corrected chi connectivity index (χ0v) is 26.1. The highest BCUT2D eigenvalue weighted by Gasteiger charge is 2.34. The fourth-order valence-corrected chi connectivity index (χ4v) is 5.73. The number of carbonyl (C=O) groups is 1. The van der Waals surface area contributed by atoms with Gasteiger partial charge >= 0.3 is 6.03 Å². The molecule has 3 aromatic carbocycles. The second-order valence-corrected chi connectivity index (χ2v) is 11.6. The summed E-state index contributed by atoms with van der Waals surface area (Å²) in [6.07, 6.45) is 4.95. The molecule has 2 amide bonds. The van der Waals surface area contributed by atoms with E-state index in [2.05, 4.69) is 37.4 Å². The van der Waals surface area contributed by atoms with Gasteiger partial charge in [0.2, 0.25) is 0 Å². The number of piperazine rings is 1. The average molecular weight is 639 g/mol. The molecule has 3 N–H and O–H groups in total. The highest BCUT2D eigenvalue weighted by molar-refractivity contribution is 6.35. The third kappa shape index (κ3) is 8.13. The fraction of sp³-hybridized carbons (Fsp3) is 0.344. The van der Waals surface area contributed by atoms with E-state index in [-0.39, 0.29) is 19.2 Å². The number of hydrogen-bond acceptors (Lipinski definition) is 7. The van der Waals surface area contributed by atoms with Crippen LogP contribution in [0.2, 0.25) is 10.0 Å². The van der Waals surface area contributed by atoms with Crippen molar-refractivity contribution in [2.45, 2.75) is 31.9 Å². The van der Waals surface area contributed by atoms with Crippen molar-refractivity contribution in [3.05, 3.63) is 95.0 Å². The zero-order valence-electron chi connectivity index (χ0n) is 24.6. The van der Waals surface area contributed by atoms with Crippen molar-refractivity contribution < 1.29 is 14.6 Å². The van der Waals surface area contributed by atoms with E-state index in [1.54, 1.807) is 18.2 Å². The Morgan fingerprint density at radius 3 is 2.23 bits per heavy atom. The Hall–Kier alpha value is -3.99. The van der Waals surface area contributed by atoms with Crippen LogP contribution >= 0.6 is 23.2 Å². The van der Waals surface area contributed by atoms with E-state index in [1.807, 2.05) is 48.5 Å². The number of aliphatic hydroxyl groups is 1. The Labute approximate surface area is 267 Å². The lowest BCUT2D eigenvalue weighted by Gasteiger charge is -2.37. The Kier molecular flexibility index (Phi) is 10.5. The molecule has 1 atom stereocenters. The molecule has 1 fully saturated rings. The van der Waals surface area contributed by atoms with Crippen molar-refractivity contribution in [1.82, 2.24) is 20.1 Å². The molecule has 10 nitrogen and oxygen atoms in total. The van der Waals surface area contributed by atoms with E-state index in [1.165, 1.54) is 17.3 Å². The summed E-state index contributed by atoms with van der Waals surface area (Å²) in [7, 11) is 0. The first-order valence-electron chi connectivity index (χ1n) is 14.7.